The third kappa shape index (κ3) is 3.36. The van der Waals surface area contributed by atoms with Gasteiger partial charge in [-0.2, -0.15) is 0 Å². The SMILES string of the molecule is COc1cc(Cl)c(C)cc1NC(=O)C1CC(=O)N(C2CCCC2)C1. The summed E-state index contributed by atoms with van der Waals surface area (Å²) >= 11 is 6.10. The van der Waals surface area contributed by atoms with E-state index in [-0.39, 0.29) is 24.2 Å². The van der Waals surface area contributed by atoms with Crippen molar-refractivity contribution in [2.24, 2.45) is 5.92 Å². The van der Waals surface area contributed by atoms with Crippen LogP contribution in [0.3, 0.4) is 0 Å². The largest absolute Gasteiger partial charge is 0.495 e. The van der Waals surface area contributed by atoms with E-state index in [0.717, 1.165) is 18.4 Å². The van der Waals surface area contributed by atoms with E-state index in [1.165, 1.54) is 20.0 Å². The number of carbonyl (C=O) groups is 2. The van der Waals surface area contributed by atoms with Crippen LogP contribution >= 0.6 is 11.6 Å². The lowest BCUT2D eigenvalue weighted by Gasteiger charge is -2.24. The van der Waals surface area contributed by atoms with E-state index >= 15 is 0 Å². The van der Waals surface area contributed by atoms with Gasteiger partial charge in [0.15, 0.2) is 0 Å². The molecule has 1 N–H and O–H groups in total. The number of aryl methyl sites for hydroxylation is 1. The Kier molecular flexibility index (Phi) is 4.99. The number of benzene rings is 1. The molecule has 5 nitrogen and oxygen atoms in total. The van der Waals surface area contributed by atoms with Crippen molar-refractivity contribution in [3.05, 3.63) is 22.7 Å². The average molecular weight is 351 g/mol. The van der Waals surface area contributed by atoms with Gasteiger partial charge in [-0.15, -0.1) is 0 Å². The predicted octanol–water partition coefficient (Wildman–Crippen LogP) is 3.39. The number of halogens is 1. The first-order valence-corrected chi connectivity index (χ1v) is 8.82. The van der Waals surface area contributed by atoms with Crippen molar-refractivity contribution in [1.82, 2.24) is 4.90 Å². The zero-order valence-electron chi connectivity index (χ0n) is 14.1. The van der Waals surface area contributed by atoms with Gasteiger partial charge in [-0.05, 0) is 31.4 Å². The summed E-state index contributed by atoms with van der Waals surface area (Å²) in [6.07, 6.45) is 4.75. The van der Waals surface area contributed by atoms with Crippen molar-refractivity contribution >= 4 is 29.1 Å². The number of likely N-dealkylation sites (tertiary alicyclic amines) is 1. The molecule has 1 atom stereocenters. The lowest BCUT2D eigenvalue weighted by atomic mass is 10.1. The minimum atomic E-state index is -0.307. The van der Waals surface area contributed by atoms with Crippen LogP contribution in [-0.4, -0.2) is 36.4 Å². The molecule has 24 heavy (non-hydrogen) atoms. The van der Waals surface area contributed by atoms with Crippen LogP contribution in [0.1, 0.15) is 37.7 Å². The normalized spacial score (nSPS) is 21.4. The number of anilines is 1. The summed E-state index contributed by atoms with van der Waals surface area (Å²) in [6, 6.07) is 3.81. The fraction of sp³-hybridized carbons (Fsp3) is 0.556. The van der Waals surface area contributed by atoms with Crippen molar-refractivity contribution in [1.29, 1.82) is 0 Å². The molecule has 0 bridgehead atoms. The number of carbonyl (C=O) groups excluding carboxylic acids is 2. The number of nitrogens with zero attached hydrogens (tertiary/aromatic N) is 1. The zero-order valence-corrected chi connectivity index (χ0v) is 14.9. The second kappa shape index (κ2) is 7.01. The lowest BCUT2D eigenvalue weighted by molar-refractivity contribution is -0.129. The first-order valence-electron chi connectivity index (χ1n) is 8.44. The summed E-state index contributed by atoms with van der Waals surface area (Å²) in [6.45, 7) is 2.39. The van der Waals surface area contributed by atoms with Crippen LogP contribution in [0.4, 0.5) is 5.69 Å². The fourth-order valence-electron chi connectivity index (χ4n) is 3.64. The maximum atomic E-state index is 12.6. The van der Waals surface area contributed by atoms with E-state index in [0.29, 0.717) is 29.0 Å². The van der Waals surface area contributed by atoms with E-state index in [4.69, 9.17) is 16.3 Å². The first-order chi connectivity index (χ1) is 11.5. The minimum Gasteiger partial charge on any atom is -0.495 e. The second-order valence-electron chi connectivity index (χ2n) is 6.68. The van der Waals surface area contributed by atoms with Gasteiger partial charge in [-0.25, -0.2) is 0 Å². The van der Waals surface area contributed by atoms with Crippen molar-refractivity contribution in [2.75, 3.05) is 19.0 Å². The molecular weight excluding hydrogens is 328 g/mol. The Morgan fingerprint density at radius 3 is 2.71 bits per heavy atom. The van der Waals surface area contributed by atoms with Crippen LogP contribution in [-0.2, 0) is 9.59 Å². The maximum Gasteiger partial charge on any atom is 0.229 e. The number of rotatable bonds is 4. The van der Waals surface area contributed by atoms with Crippen LogP contribution in [0.2, 0.25) is 5.02 Å². The molecule has 130 valence electrons. The summed E-state index contributed by atoms with van der Waals surface area (Å²) in [7, 11) is 1.54. The highest BCUT2D eigenvalue weighted by Crippen LogP contribution is 2.33. The van der Waals surface area contributed by atoms with Gasteiger partial charge in [-0.3, -0.25) is 9.59 Å². The maximum absolute atomic E-state index is 12.6. The van der Waals surface area contributed by atoms with Gasteiger partial charge in [-0.1, -0.05) is 24.4 Å². The molecule has 1 saturated carbocycles. The van der Waals surface area contributed by atoms with Crippen LogP contribution in [0.15, 0.2) is 12.1 Å². The van der Waals surface area contributed by atoms with E-state index in [1.54, 1.807) is 12.1 Å². The molecule has 2 amide bonds. The lowest BCUT2D eigenvalue weighted by Crippen LogP contribution is -2.35. The molecule has 0 radical (unpaired) electrons. The number of amides is 2. The summed E-state index contributed by atoms with van der Waals surface area (Å²) in [5.74, 6) is 0.180. The molecule has 2 fully saturated rings. The molecule has 1 aliphatic heterocycles. The molecule has 2 aliphatic rings. The molecule has 1 heterocycles. The fourth-order valence-corrected chi connectivity index (χ4v) is 3.79. The Morgan fingerprint density at radius 2 is 2.04 bits per heavy atom. The smallest absolute Gasteiger partial charge is 0.229 e. The van der Waals surface area contributed by atoms with E-state index in [2.05, 4.69) is 5.32 Å². The van der Waals surface area contributed by atoms with E-state index < -0.39 is 0 Å². The van der Waals surface area contributed by atoms with Crippen molar-refractivity contribution in [2.45, 2.75) is 45.1 Å². The summed E-state index contributed by atoms with van der Waals surface area (Å²) < 4.78 is 5.29. The van der Waals surface area contributed by atoms with Crippen LogP contribution in [0.5, 0.6) is 5.75 Å². The Bertz CT molecular complexity index is 656. The average Bonchev–Trinajstić information content (AvgIpc) is 3.19. The Balaban J connectivity index is 1.69. The number of hydrogen-bond donors (Lipinski definition) is 1. The van der Waals surface area contributed by atoms with E-state index in [9.17, 15) is 9.59 Å². The molecule has 3 rings (SSSR count). The van der Waals surface area contributed by atoms with E-state index in [1.807, 2.05) is 11.8 Å². The Hall–Kier alpha value is -1.75. The second-order valence-corrected chi connectivity index (χ2v) is 7.08. The highest BCUT2D eigenvalue weighted by Gasteiger charge is 2.38. The number of hydrogen-bond acceptors (Lipinski definition) is 3. The van der Waals surface area contributed by atoms with Crippen LogP contribution in [0, 0.1) is 12.8 Å². The monoisotopic (exact) mass is 350 g/mol. The third-order valence-corrected chi connectivity index (χ3v) is 5.44. The number of ether oxygens (including phenoxy) is 1. The van der Waals surface area contributed by atoms with Gasteiger partial charge in [0.25, 0.3) is 0 Å². The first kappa shape index (κ1) is 17.1. The number of nitrogens with one attached hydrogen (secondary N) is 1. The molecule has 0 aromatic heterocycles. The highest BCUT2D eigenvalue weighted by molar-refractivity contribution is 6.31. The standard InChI is InChI=1S/C18H23ClN2O3/c1-11-7-15(16(24-2)9-14(11)19)20-18(23)12-8-17(22)21(10-12)13-5-3-4-6-13/h7,9,12-13H,3-6,8,10H2,1-2H3,(H,20,23). The molecule has 1 saturated heterocycles. The molecule has 6 heteroatoms. The van der Waals surface area contributed by atoms with Crippen LogP contribution < -0.4 is 10.1 Å². The van der Waals surface area contributed by atoms with Gasteiger partial charge in [0.05, 0.1) is 18.7 Å². The van der Waals surface area contributed by atoms with Gasteiger partial charge >= 0.3 is 0 Å². The van der Waals surface area contributed by atoms with Gasteiger partial charge < -0.3 is 15.0 Å². The summed E-state index contributed by atoms with van der Waals surface area (Å²) in [4.78, 5) is 26.8. The molecule has 1 aliphatic carbocycles. The quantitative estimate of drug-likeness (QED) is 0.905. The highest BCUT2D eigenvalue weighted by atomic mass is 35.5. The zero-order chi connectivity index (χ0) is 17.3. The topological polar surface area (TPSA) is 58.6 Å². The number of methoxy groups -OCH3 is 1. The molecule has 1 aromatic carbocycles. The van der Waals surface area contributed by atoms with Crippen molar-refractivity contribution in [3.63, 3.8) is 0 Å². The van der Waals surface area contributed by atoms with Gasteiger partial charge in [0, 0.05) is 30.1 Å². The minimum absolute atomic E-state index is 0.0984. The molecule has 1 aromatic rings. The van der Waals surface area contributed by atoms with Crippen LogP contribution in [0.25, 0.3) is 0 Å². The molecule has 1 unspecified atom stereocenters. The van der Waals surface area contributed by atoms with Gasteiger partial charge in [0.2, 0.25) is 11.8 Å². The summed E-state index contributed by atoms with van der Waals surface area (Å²) in [5.41, 5.74) is 1.46. The van der Waals surface area contributed by atoms with Crippen molar-refractivity contribution < 1.29 is 14.3 Å². The summed E-state index contributed by atoms with van der Waals surface area (Å²) in [5, 5.41) is 3.49. The van der Waals surface area contributed by atoms with Gasteiger partial charge in [0.1, 0.15) is 5.75 Å². The molecule has 0 spiro atoms. The Morgan fingerprint density at radius 1 is 1.33 bits per heavy atom. The third-order valence-electron chi connectivity index (χ3n) is 5.03. The molecular formula is C18H23ClN2O3. The Labute approximate surface area is 147 Å². The predicted molar refractivity (Wildman–Crippen MR) is 93.4 cm³/mol. The van der Waals surface area contributed by atoms with Crippen molar-refractivity contribution in [3.8, 4) is 5.75 Å².